The van der Waals surface area contributed by atoms with Crippen LogP contribution in [0.2, 0.25) is 0 Å². The molecule has 1 atom stereocenters. The summed E-state index contributed by atoms with van der Waals surface area (Å²) in [7, 11) is -2.49. The third-order valence-corrected chi connectivity index (χ3v) is 7.07. The number of nitrogens with zero attached hydrogens (tertiary/aromatic N) is 1. The maximum atomic E-state index is 13.0. The molecule has 1 heterocycles. The predicted molar refractivity (Wildman–Crippen MR) is 123 cm³/mol. The van der Waals surface area contributed by atoms with E-state index < -0.39 is 27.7 Å². The van der Waals surface area contributed by atoms with Crippen LogP contribution in [-0.2, 0) is 28.3 Å². The molecule has 1 aromatic heterocycles. The van der Waals surface area contributed by atoms with Gasteiger partial charge in [0, 0.05) is 18.8 Å². The largest absolute Gasteiger partial charge is 0.419 e. The minimum Gasteiger partial charge on any atom is -0.408 e. The van der Waals surface area contributed by atoms with Crippen molar-refractivity contribution in [1.29, 1.82) is 0 Å². The highest BCUT2D eigenvalue weighted by molar-refractivity contribution is 7.98. The number of fused-ring (bicyclic) bond motifs is 1. The summed E-state index contributed by atoms with van der Waals surface area (Å²) >= 11 is 1.52. The molecule has 0 aliphatic heterocycles. The minimum atomic E-state index is -4.03. The highest BCUT2D eigenvalue weighted by Crippen LogP contribution is 2.20. The van der Waals surface area contributed by atoms with Gasteiger partial charge in [-0.25, -0.2) is 13.2 Å². The number of aryl methyl sites for hydroxylation is 2. The van der Waals surface area contributed by atoms with Gasteiger partial charge < -0.3 is 9.73 Å². The number of benzene rings is 2. The van der Waals surface area contributed by atoms with Crippen molar-refractivity contribution in [2.45, 2.75) is 30.7 Å². The van der Waals surface area contributed by atoms with E-state index in [-0.39, 0.29) is 10.5 Å². The lowest BCUT2D eigenvalue weighted by molar-refractivity contribution is -0.117. The molecular formula is C21H25N3O5S2. The van der Waals surface area contributed by atoms with Crippen molar-refractivity contribution in [3.63, 3.8) is 0 Å². The molecule has 3 rings (SSSR count). The number of carbonyl (C=O) groups is 1. The van der Waals surface area contributed by atoms with Gasteiger partial charge in [-0.05, 0) is 48.6 Å². The smallest absolute Gasteiger partial charge is 0.408 e. The summed E-state index contributed by atoms with van der Waals surface area (Å²) in [6, 6.07) is 10.6. The molecular weight excluding hydrogens is 438 g/mol. The van der Waals surface area contributed by atoms with Gasteiger partial charge >= 0.3 is 5.76 Å². The van der Waals surface area contributed by atoms with Crippen LogP contribution in [0.4, 0.5) is 5.69 Å². The summed E-state index contributed by atoms with van der Waals surface area (Å²) in [5, 5.41) is 2.85. The highest BCUT2D eigenvalue weighted by Gasteiger charge is 2.26. The molecule has 0 aliphatic rings. The number of oxazole rings is 1. The van der Waals surface area contributed by atoms with Crippen LogP contribution in [0.5, 0.6) is 0 Å². The van der Waals surface area contributed by atoms with E-state index in [1.54, 1.807) is 6.07 Å². The molecule has 2 aromatic carbocycles. The maximum absolute atomic E-state index is 13.0. The highest BCUT2D eigenvalue weighted by atomic mass is 32.2. The van der Waals surface area contributed by atoms with Crippen LogP contribution >= 0.6 is 11.8 Å². The van der Waals surface area contributed by atoms with Gasteiger partial charge in [-0.15, -0.1) is 0 Å². The van der Waals surface area contributed by atoms with Crippen molar-refractivity contribution < 1.29 is 17.6 Å². The normalized spacial score (nSPS) is 12.7. The van der Waals surface area contributed by atoms with E-state index in [0.29, 0.717) is 23.4 Å². The molecule has 8 nitrogen and oxygen atoms in total. The molecule has 1 unspecified atom stereocenters. The van der Waals surface area contributed by atoms with Crippen molar-refractivity contribution >= 4 is 44.5 Å². The van der Waals surface area contributed by atoms with E-state index >= 15 is 0 Å². The lowest BCUT2D eigenvalue weighted by atomic mass is 10.1. The minimum absolute atomic E-state index is 0.0785. The van der Waals surface area contributed by atoms with E-state index in [0.717, 1.165) is 12.0 Å². The standard InChI is InChI=1S/C21H25N3O5S2/c1-4-14-7-5-6-8-16(14)22-20(25)17(11-12-30-3)23-31(27,28)15-9-10-18-19(13-15)29-21(26)24(18)2/h5-10,13,17,23H,4,11-12H2,1-3H3,(H,22,25). The van der Waals surface area contributed by atoms with Crippen LogP contribution in [-0.4, -0.2) is 36.9 Å². The van der Waals surface area contributed by atoms with E-state index in [1.165, 1.54) is 41.6 Å². The van der Waals surface area contributed by atoms with Crippen LogP contribution < -0.4 is 15.8 Å². The van der Waals surface area contributed by atoms with Crippen LogP contribution in [0, 0.1) is 0 Å². The van der Waals surface area contributed by atoms with Gasteiger partial charge in [0.05, 0.1) is 10.4 Å². The SMILES string of the molecule is CCc1ccccc1NC(=O)C(CCSC)NS(=O)(=O)c1ccc2c(c1)oc(=O)n2C. The third-order valence-electron chi connectivity index (χ3n) is 4.95. The van der Waals surface area contributed by atoms with Crippen molar-refractivity contribution in [1.82, 2.24) is 9.29 Å². The number of amides is 1. The number of aromatic nitrogens is 1. The second-order valence-electron chi connectivity index (χ2n) is 7.01. The summed E-state index contributed by atoms with van der Waals surface area (Å²) < 4.78 is 34.9. The second-order valence-corrected chi connectivity index (χ2v) is 9.71. The fraction of sp³-hybridized carbons (Fsp3) is 0.333. The molecule has 0 saturated heterocycles. The van der Waals surface area contributed by atoms with Crippen LogP contribution in [0.3, 0.4) is 0 Å². The summed E-state index contributed by atoms with van der Waals surface area (Å²) in [6.07, 6.45) is 2.95. The van der Waals surface area contributed by atoms with Gasteiger partial charge in [0.25, 0.3) is 0 Å². The first kappa shape index (κ1) is 23.1. The van der Waals surface area contributed by atoms with Crippen molar-refractivity contribution in [2.75, 3.05) is 17.3 Å². The summed E-state index contributed by atoms with van der Waals surface area (Å²) in [4.78, 5) is 24.6. The Morgan fingerprint density at radius 3 is 2.68 bits per heavy atom. The van der Waals surface area contributed by atoms with Crippen molar-refractivity contribution in [2.24, 2.45) is 7.05 Å². The molecule has 0 fully saturated rings. The summed E-state index contributed by atoms with van der Waals surface area (Å²) in [5.41, 5.74) is 2.27. The summed E-state index contributed by atoms with van der Waals surface area (Å²) in [5.74, 6) is -0.405. The Labute approximate surface area is 185 Å². The molecule has 3 aromatic rings. The van der Waals surface area contributed by atoms with Crippen molar-refractivity contribution in [3.8, 4) is 0 Å². The predicted octanol–water partition coefficient (Wildman–Crippen LogP) is 2.73. The number of hydrogen-bond acceptors (Lipinski definition) is 6. The zero-order chi connectivity index (χ0) is 22.6. The number of sulfonamides is 1. The molecule has 166 valence electrons. The van der Waals surface area contributed by atoms with Crippen LogP contribution in [0.15, 0.2) is 56.6 Å². The average molecular weight is 464 g/mol. The Balaban J connectivity index is 1.86. The van der Waals surface area contributed by atoms with Crippen LogP contribution in [0.25, 0.3) is 11.1 Å². The Morgan fingerprint density at radius 1 is 1.23 bits per heavy atom. The lowest BCUT2D eigenvalue weighted by Gasteiger charge is -2.19. The molecule has 10 heteroatoms. The molecule has 31 heavy (non-hydrogen) atoms. The Morgan fingerprint density at radius 2 is 1.97 bits per heavy atom. The fourth-order valence-electron chi connectivity index (χ4n) is 3.19. The van der Waals surface area contributed by atoms with Gasteiger partial charge in [0.2, 0.25) is 15.9 Å². The maximum Gasteiger partial charge on any atom is 0.419 e. The number of hydrogen-bond donors (Lipinski definition) is 2. The van der Waals surface area contributed by atoms with Crippen LogP contribution in [0.1, 0.15) is 18.9 Å². The average Bonchev–Trinajstić information content (AvgIpc) is 3.04. The quantitative estimate of drug-likeness (QED) is 0.505. The first-order chi connectivity index (χ1) is 14.8. The molecule has 0 spiro atoms. The zero-order valence-electron chi connectivity index (χ0n) is 17.5. The van der Waals surface area contributed by atoms with Gasteiger partial charge in [0.1, 0.15) is 6.04 Å². The first-order valence-electron chi connectivity index (χ1n) is 9.76. The monoisotopic (exact) mass is 463 g/mol. The first-order valence-corrected chi connectivity index (χ1v) is 12.6. The van der Waals surface area contributed by atoms with Gasteiger partial charge in [0.15, 0.2) is 5.58 Å². The topological polar surface area (TPSA) is 110 Å². The van der Waals surface area contributed by atoms with Crippen molar-refractivity contribution in [3.05, 3.63) is 58.6 Å². The van der Waals surface area contributed by atoms with E-state index in [4.69, 9.17) is 4.42 Å². The number of anilines is 1. The fourth-order valence-corrected chi connectivity index (χ4v) is 4.90. The Hall–Kier alpha value is -2.56. The number of carbonyl (C=O) groups excluding carboxylic acids is 1. The third kappa shape index (κ3) is 5.20. The number of rotatable bonds is 9. The zero-order valence-corrected chi connectivity index (χ0v) is 19.2. The summed E-state index contributed by atoms with van der Waals surface area (Å²) in [6.45, 7) is 1.98. The number of nitrogens with one attached hydrogen (secondary N) is 2. The second kappa shape index (κ2) is 9.71. The molecule has 0 radical (unpaired) electrons. The van der Waals surface area contributed by atoms with E-state index in [9.17, 15) is 18.0 Å². The molecule has 1 amide bonds. The molecule has 0 bridgehead atoms. The number of thioether (sulfide) groups is 1. The Kier molecular flexibility index (Phi) is 7.24. The molecule has 2 N–H and O–H groups in total. The lowest BCUT2D eigenvalue weighted by Crippen LogP contribution is -2.44. The van der Waals surface area contributed by atoms with Gasteiger partial charge in [-0.2, -0.15) is 16.5 Å². The molecule has 0 saturated carbocycles. The van der Waals surface area contributed by atoms with E-state index in [1.807, 2.05) is 31.4 Å². The van der Waals surface area contributed by atoms with E-state index in [2.05, 4.69) is 10.0 Å². The Bertz CT molecular complexity index is 1250. The number of para-hydroxylation sites is 1. The van der Waals surface area contributed by atoms with Gasteiger partial charge in [-0.3, -0.25) is 9.36 Å². The molecule has 0 aliphatic carbocycles. The van der Waals surface area contributed by atoms with Gasteiger partial charge in [-0.1, -0.05) is 25.1 Å².